The van der Waals surface area contributed by atoms with Crippen LogP contribution in [0.2, 0.25) is 0 Å². The van der Waals surface area contributed by atoms with Crippen molar-refractivity contribution in [2.45, 2.75) is 23.8 Å². The molecule has 1 fully saturated rings. The van der Waals surface area contributed by atoms with Gasteiger partial charge < -0.3 is 9.52 Å². The summed E-state index contributed by atoms with van der Waals surface area (Å²) in [4.78, 5) is 13.5. The zero-order chi connectivity index (χ0) is 22.6. The molecule has 0 radical (unpaired) electrons. The number of para-hydroxylation sites is 1. The van der Waals surface area contributed by atoms with Crippen LogP contribution in [0.5, 0.6) is 0 Å². The molecule has 1 N–H and O–H groups in total. The van der Waals surface area contributed by atoms with Crippen molar-refractivity contribution in [2.24, 2.45) is 4.99 Å². The molecule has 1 unspecified atom stereocenters. The van der Waals surface area contributed by atoms with Gasteiger partial charge in [0.2, 0.25) is 15.9 Å². The van der Waals surface area contributed by atoms with Crippen LogP contribution < -0.4 is 0 Å². The molecule has 4 heterocycles. The third-order valence-electron chi connectivity index (χ3n) is 6.05. The maximum atomic E-state index is 13.0. The minimum Gasteiger partial charge on any atom is -0.435 e. The highest BCUT2D eigenvalue weighted by atomic mass is 32.2. The molecule has 166 valence electrons. The van der Waals surface area contributed by atoms with E-state index in [-0.39, 0.29) is 11.4 Å². The number of benzene rings is 2. The van der Waals surface area contributed by atoms with Gasteiger partial charge in [0.15, 0.2) is 5.58 Å². The van der Waals surface area contributed by atoms with Gasteiger partial charge in [-0.15, -0.1) is 0 Å². The van der Waals surface area contributed by atoms with Crippen molar-refractivity contribution in [3.05, 3.63) is 72.4 Å². The van der Waals surface area contributed by atoms with Crippen molar-refractivity contribution in [2.75, 3.05) is 13.1 Å². The summed E-state index contributed by atoms with van der Waals surface area (Å²) in [6.07, 6.45) is 3.44. The molecule has 2 aromatic carbocycles. The van der Waals surface area contributed by atoms with Gasteiger partial charge in [-0.1, -0.05) is 24.3 Å². The van der Waals surface area contributed by atoms with Gasteiger partial charge in [-0.05, 0) is 41.8 Å². The molecule has 1 atom stereocenters. The Balaban J connectivity index is 1.32. The number of aliphatic hydroxyl groups is 1. The Kier molecular flexibility index (Phi) is 4.65. The molecule has 4 aromatic rings. The van der Waals surface area contributed by atoms with E-state index in [1.54, 1.807) is 12.3 Å². The molecule has 0 amide bonds. The summed E-state index contributed by atoms with van der Waals surface area (Å²) >= 11 is 0. The Morgan fingerprint density at radius 2 is 1.94 bits per heavy atom. The number of aliphatic imine (C=N–C) groups is 1. The van der Waals surface area contributed by atoms with E-state index >= 15 is 0 Å². The molecule has 33 heavy (non-hydrogen) atoms. The van der Waals surface area contributed by atoms with Crippen molar-refractivity contribution >= 4 is 32.5 Å². The van der Waals surface area contributed by atoms with Crippen molar-refractivity contribution in [1.29, 1.82) is 0 Å². The number of nitrogens with zero attached hydrogens (tertiary/aromatic N) is 4. The minimum atomic E-state index is -3.72. The predicted octanol–water partition coefficient (Wildman–Crippen LogP) is 3.32. The first-order chi connectivity index (χ1) is 16.0. The van der Waals surface area contributed by atoms with Gasteiger partial charge in [0.05, 0.1) is 11.8 Å². The monoisotopic (exact) mass is 460 g/mol. The Labute approximate surface area is 190 Å². The third kappa shape index (κ3) is 3.54. The van der Waals surface area contributed by atoms with Gasteiger partial charge in [-0.25, -0.2) is 18.4 Å². The molecule has 6 rings (SSSR count). The highest BCUT2D eigenvalue weighted by Gasteiger charge is 2.32. The fourth-order valence-corrected chi connectivity index (χ4v) is 5.76. The first-order valence-corrected chi connectivity index (χ1v) is 12.1. The topological polar surface area (TPSA) is 109 Å². The van der Waals surface area contributed by atoms with Gasteiger partial charge in [-0.3, -0.25) is 4.98 Å². The number of hydrogen-bond donors (Lipinski definition) is 1. The lowest BCUT2D eigenvalue weighted by molar-refractivity contribution is 0.189. The van der Waals surface area contributed by atoms with Gasteiger partial charge in [-0.2, -0.15) is 4.31 Å². The number of pyridine rings is 1. The summed E-state index contributed by atoms with van der Waals surface area (Å²) in [5.74, 6) is 0.486. The van der Waals surface area contributed by atoms with E-state index in [0.29, 0.717) is 41.9 Å². The quantitative estimate of drug-likeness (QED) is 0.500. The van der Waals surface area contributed by atoms with Crippen LogP contribution in [0.1, 0.15) is 17.9 Å². The predicted molar refractivity (Wildman–Crippen MR) is 123 cm³/mol. The van der Waals surface area contributed by atoms with Gasteiger partial charge >= 0.3 is 0 Å². The van der Waals surface area contributed by atoms with E-state index < -0.39 is 16.1 Å². The van der Waals surface area contributed by atoms with Crippen molar-refractivity contribution in [1.82, 2.24) is 14.3 Å². The van der Waals surface area contributed by atoms with E-state index in [2.05, 4.69) is 15.0 Å². The average molecular weight is 461 g/mol. The number of oxazole rings is 1. The number of β-amino-alcohol motifs (C(OH)–C–C–N with tert-alkyl or cyclic N) is 1. The molecule has 9 heteroatoms. The van der Waals surface area contributed by atoms with Crippen LogP contribution in [0, 0.1) is 0 Å². The fraction of sp³-hybridized carbons (Fsp3) is 0.208. The SMILES string of the molecule is O=S(=O)(c1cncc(-c2ccc3nc(C4=Nc5ccccc5C4)oc3c2)c1)N1CCC(O)C1. The summed E-state index contributed by atoms with van der Waals surface area (Å²) in [5.41, 5.74) is 5.59. The molecule has 0 spiro atoms. The van der Waals surface area contributed by atoms with Crippen molar-refractivity contribution < 1.29 is 17.9 Å². The number of aromatic nitrogens is 2. The molecule has 0 aliphatic carbocycles. The van der Waals surface area contributed by atoms with Crippen LogP contribution in [0.25, 0.3) is 22.2 Å². The van der Waals surface area contributed by atoms with E-state index in [1.807, 2.05) is 42.5 Å². The maximum absolute atomic E-state index is 13.0. The average Bonchev–Trinajstić information content (AvgIpc) is 3.56. The normalized spacial score (nSPS) is 18.6. The van der Waals surface area contributed by atoms with Crippen molar-refractivity contribution in [3.8, 4) is 11.1 Å². The fourth-order valence-electron chi connectivity index (χ4n) is 4.28. The number of sulfonamides is 1. The molecular weight excluding hydrogens is 440 g/mol. The van der Waals surface area contributed by atoms with E-state index in [4.69, 9.17) is 4.42 Å². The number of hydrogen-bond acceptors (Lipinski definition) is 7. The van der Waals surface area contributed by atoms with Gasteiger partial charge in [0.1, 0.15) is 16.1 Å². The smallest absolute Gasteiger partial charge is 0.244 e. The van der Waals surface area contributed by atoms with Crippen LogP contribution in [0.3, 0.4) is 0 Å². The Morgan fingerprint density at radius 3 is 2.76 bits per heavy atom. The molecule has 0 saturated carbocycles. The highest BCUT2D eigenvalue weighted by Crippen LogP contribution is 2.31. The number of aliphatic hydroxyl groups excluding tert-OH is 1. The van der Waals surface area contributed by atoms with Crippen LogP contribution in [-0.2, 0) is 16.4 Å². The lowest BCUT2D eigenvalue weighted by Gasteiger charge is -2.16. The van der Waals surface area contributed by atoms with Gasteiger partial charge in [0.25, 0.3) is 0 Å². The van der Waals surface area contributed by atoms with E-state index in [0.717, 1.165) is 22.5 Å². The van der Waals surface area contributed by atoms with Crippen molar-refractivity contribution in [3.63, 3.8) is 0 Å². The molecular formula is C24H20N4O4S. The van der Waals surface area contributed by atoms with E-state index in [9.17, 15) is 13.5 Å². The summed E-state index contributed by atoms with van der Waals surface area (Å²) in [6.45, 7) is 0.404. The lowest BCUT2D eigenvalue weighted by Crippen LogP contribution is -2.29. The third-order valence-corrected chi connectivity index (χ3v) is 7.88. The molecule has 0 bridgehead atoms. The largest absolute Gasteiger partial charge is 0.435 e. The van der Waals surface area contributed by atoms with Crippen LogP contribution in [0.15, 0.2) is 75.2 Å². The first kappa shape index (κ1) is 20.2. The lowest BCUT2D eigenvalue weighted by atomic mass is 10.1. The molecule has 2 aliphatic rings. The van der Waals surface area contributed by atoms with E-state index in [1.165, 1.54) is 10.5 Å². The molecule has 2 aromatic heterocycles. The minimum absolute atomic E-state index is 0.102. The number of rotatable bonds is 4. The maximum Gasteiger partial charge on any atom is 0.244 e. The Hall–Kier alpha value is -3.40. The Morgan fingerprint density at radius 1 is 1.06 bits per heavy atom. The second-order valence-corrected chi connectivity index (χ2v) is 10.2. The standard InChI is InChI=1S/C24H20N4O4S/c29-18-7-8-28(14-18)33(30,31)19-9-17(12-25-13-19)15-5-6-21-23(11-15)32-24(27-21)22-10-16-3-1-2-4-20(16)26-22/h1-6,9,11-13,18,29H,7-8,10,14H2. The molecule has 1 saturated heterocycles. The zero-order valence-electron chi connectivity index (χ0n) is 17.5. The molecule has 8 nitrogen and oxygen atoms in total. The summed E-state index contributed by atoms with van der Waals surface area (Å²) in [7, 11) is -3.72. The zero-order valence-corrected chi connectivity index (χ0v) is 18.4. The molecule has 2 aliphatic heterocycles. The second-order valence-electron chi connectivity index (χ2n) is 8.28. The van der Waals surface area contributed by atoms with Gasteiger partial charge in [0, 0.05) is 37.5 Å². The summed E-state index contributed by atoms with van der Waals surface area (Å²) in [6, 6.07) is 15.1. The van der Waals surface area contributed by atoms with Crippen LogP contribution in [-0.4, -0.2) is 52.7 Å². The summed E-state index contributed by atoms with van der Waals surface area (Å²) in [5, 5.41) is 9.73. The second kappa shape index (κ2) is 7.58. The Bertz CT molecular complexity index is 1530. The van der Waals surface area contributed by atoms with Crippen LogP contribution in [0.4, 0.5) is 5.69 Å². The highest BCUT2D eigenvalue weighted by molar-refractivity contribution is 7.89. The number of fused-ring (bicyclic) bond motifs is 2. The summed E-state index contributed by atoms with van der Waals surface area (Å²) < 4.78 is 33.2. The first-order valence-electron chi connectivity index (χ1n) is 10.7. The van der Waals surface area contributed by atoms with Crippen LogP contribution >= 0.6 is 0 Å².